The number of carbonyl (C=O) groups excluding carboxylic acids is 1. The van der Waals surface area contributed by atoms with E-state index in [9.17, 15) is 13.2 Å². The maximum absolute atomic E-state index is 12.7. The van der Waals surface area contributed by atoms with E-state index in [2.05, 4.69) is 16.5 Å². The molecule has 0 spiro atoms. The van der Waals surface area contributed by atoms with Gasteiger partial charge in [-0.25, -0.2) is 13.1 Å². The van der Waals surface area contributed by atoms with Gasteiger partial charge in [0.05, 0.1) is 10.6 Å². The molecule has 0 radical (unpaired) electrons. The standard InChI is InChI=1S/C20H31N3O3S2/c1-16-6-3-10-22(15-16)11-4-9-21-28(25,26)18-7-8-20-19(14-18)23(17(2)24)12-5-13-27-20/h7-8,14,16,21H,3-6,9-13,15H2,1-2H3/t16-/m1/s1. The maximum atomic E-state index is 12.7. The first-order valence-corrected chi connectivity index (χ1v) is 12.6. The highest BCUT2D eigenvalue weighted by Crippen LogP contribution is 2.35. The summed E-state index contributed by atoms with van der Waals surface area (Å²) in [5.41, 5.74) is 0.708. The van der Waals surface area contributed by atoms with Crippen molar-refractivity contribution in [1.29, 1.82) is 0 Å². The number of benzene rings is 1. The van der Waals surface area contributed by atoms with E-state index in [1.807, 2.05) is 6.07 Å². The van der Waals surface area contributed by atoms with Crippen LogP contribution in [0.4, 0.5) is 5.69 Å². The summed E-state index contributed by atoms with van der Waals surface area (Å²) in [5, 5.41) is 0. The van der Waals surface area contributed by atoms with Gasteiger partial charge < -0.3 is 9.80 Å². The van der Waals surface area contributed by atoms with Crippen LogP contribution in [0.2, 0.25) is 0 Å². The average molecular weight is 426 g/mol. The summed E-state index contributed by atoms with van der Waals surface area (Å²) < 4.78 is 28.2. The highest BCUT2D eigenvalue weighted by atomic mass is 32.2. The molecule has 8 heteroatoms. The van der Waals surface area contributed by atoms with Crippen molar-refractivity contribution in [2.75, 3.05) is 43.4 Å². The van der Waals surface area contributed by atoms with Crippen molar-refractivity contribution in [3.63, 3.8) is 0 Å². The predicted molar refractivity (Wildman–Crippen MR) is 114 cm³/mol. The number of likely N-dealkylation sites (tertiary alicyclic amines) is 1. The summed E-state index contributed by atoms with van der Waals surface area (Å²) in [7, 11) is -3.58. The van der Waals surface area contributed by atoms with Crippen LogP contribution in [0.25, 0.3) is 0 Å². The Balaban J connectivity index is 1.62. The smallest absolute Gasteiger partial charge is 0.240 e. The number of hydrogen-bond acceptors (Lipinski definition) is 5. The largest absolute Gasteiger partial charge is 0.311 e. The first-order chi connectivity index (χ1) is 13.4. The number of nitrogens with one attached hydrogen (secondary N) is 1. The second-order valence-corrected chi connectivity index (χ2v) is 10.7. The molecule has 156 valence electrons. The number of fused-ring (bicyclic) bond motifs is 1. The van der Waals surface area contributed by atoms with Crippen LogP contribution in [-0.4, -0.2) is 57.7 Å². The SMILES string of the molecule is CC(=O)N1CCCSc2ccc(S(=O)(=O)NCCCN3CCC[C@@H](C)C3)cc21. The Hall–Kier alpha value is -1.09. The molecule has 1 N–H and O–H groups in total. The van der Waals surface area contributed by atoms with Crippen LogP contribution in [0.3, 0.4) is 0 Å². The van der Waals surface area contributed by atoms with Crippen molar-refractivity contribution in [3.8, 4) is 0 Å². The average Bonchev–Trinajstić information content (AvgIpc) is 2.87. The molecule has 28 heavy (non-hydrogen) atoms. The topological polar surface area (TPSA) is 69.7 Å². The zero-order valence-electron chi connectivity index (χ0n) is 16.8. The van der Waals surface area contributed by atoms with E-state index in [1.165, 1.54) is 19.8 Å². The number of rotatable bonds is 6. The molecule has 2 aliphatic heterocycles. The van der Waals surface area contributed by atoms with Gasteiger partial charge in [-0.3, -0.25) is 4.79 Å². The molecule has 3 rings (SSSR count). The van der Waals surface area contributed by atoms with Gasteiger partial charge in [0.1, 0.15) is 0 Å². The number of thioether (sulfide) groups is 1. The molecule has 0 saturated carbocycles. The summed E-state index contributed by atoms with van der Waals surface area (Å²) in [6, 6.07) is 5.11. The van der Waals surface area contributed by atoms with Gasteiger partial charge in [0.15, 0.2) is 0 Å². The number of nitrogens with zero attached hydrogens (tertiary/aromatic N) is 2. The third kappa shape index (κ3) is 5.49. The lowest BCUT2D eigenvalue weighted by atomic mass is 10.0. The lowest BCUT2D eigenvalue weighted by molar-refractivity contribution is -0.116. The molecule has 0 bridgehead atoms. The van der Waals surface area contributed by atoms with E-state index in [-0.39, 0.29) is 10.8 Å². The maximum Gasteiger partial charge on any atom is 0.240 e. The molecule has 2 aliphatic rings. The van der Waals surface area contributed by atoms with Gasteiger partial charge in [-0.1, -0.05) is 6.92 Å². The molecular formula is C20H31N3O3S2. The van der Waals surface area contributed by atoms with Crippen LogP contribution < -0.4 is 9.62 Å². The van der Waals surface area contributed by atoms with Crippen LogP contribution in [0.5, 0.6) is 0 Å². The predicted octanol–water partition coefficient (Wildman–Crippen LogP) is 2.94. The lowest BCUT2D eigenvalue weighted by Crippen LogP contribution is -2.36. The lowest BCUT2D eigenvalue weighted by Gasteiger charge is -2.30. The number of sulfonamides is 1. The monoisotopic (exact) mass is 425 g/mol. The Morgan fingerprint density at radius 2 is 2.11 bits per heavy atom. The first-order valence-electron chi connectivity index (χ1n) is 10.1. The fourth-order valence-electron chi connectivity index (χ4n) is 3.93. The van der Waals surface area contributed by atoms with Crippen LogP contribution >= 0.6 is 11.8 Å². The molecule has 0 aliphatic carbocycles. The van der Waals surface area contributed by atoms with E-state index in [0.717, 1.165) is 49.0 Å². The quantitative estimate of drug-likeness (QED) is 0.710. The van der Waals surface area contributed by atoms with Gasteiger partial charge in [0, 0.05) is 31.5 Å². The first kappa shape index (κ1) is 21.6. The summed E-state index contributed by atoms with van der Waals surface area (Å²) in [6.07, 6.45) is 4.21. The Labute approximate surface area is 173 Å². The van der Waals surface area contributed by atoms with Gasteiger partial charge in [-0.15, -0.1) is 11.8 Å². The van der Waals surface area contributed by atoms with E-state index in [0.29, 0.717) is 18.8 Å². The molecule has 1 aromatic carbocycles. The molecule has 1 fully saturated rings. The van der Waals surface area contributed by atoms with E-state index in [4.69, 9.17) is 0 Å². The number of piperidine rings is 1. The Morgan fingerprint density at radius 3 is 2.86 bits per heavy atom. The van der Waals surface area contributed by atoms with Crippen LogP contribution in [-0.2, 0) is 14.8 Å². The summed E-state index contributed by atoms with van der Waals surface area (Å²) in [4.78, 5) is 17.3. The van der Waals surface area contributed by atoms with Crippen LogP contribution in [0.1, 0.15) is 39.5 Å². The molecule has 1 amide bonds. The Morgan fingerprint density at radius 1 is 1.29 bits per heavy atom. The third-order valence-electron chi connectivity index (χ3n) is 5.38. The molecule has 1 aromatic rings. The van der Waals surface area contributed by atoms with Gasteiger partial charge >= 0.3 is 0 Å². The summed E-state index contributed by atoms with van der Waals surface area (Å²) in [5.74, 6) is 1.60. The minimum absolute atomic E-state index is 0.0537. The van der Waals surface area contributed by atoms with Crippen molar-refractivity contribution in [2.45, 2.75) is 49.3 Å². The van der Waals surface area contributed by atoms with Gasteiger partial charge in [0.2, 0.25) is 15.9 Å². The van der Waals surface area contributed by atoms with Crippen molar-refractivity contribution in [3.05, 3.63) is 18.2 Å². The fourth-order valence-corrected chi connectivity index (χ4v) is 6.00. The van der Waals surface area contributed by atoms with Gasteiger partial charge in [-0.05, 0) is 68.6 Å². The van der Waals surface area contributed by atoms with E-state index >= 15 is 0 Å². The number of carbonyl (C=O) groups is 1. The molecule has 2 heterocycles. The van der Waals surface area contributed by atoms with Gasteiger partial charge in [0.25, 0.3) is 0 Å². The molecular weight excluding hydrogens is 394 g/mol. The van der Waals surface area contributed by atoms with Gasteiger partial charge in [-0.2, -0.15) is 0 Å². The second-order valence-electron chi connectivity index (χ2n) is 7.80. The summed E-state index contributed by atoms with van der Waals surface area (Å²) >= 11 is 1.67. The van der Waals surface area contributed by atoms with Crippen molar-refractivity contribution < 1.29 is 13.2 Å². The fraction of sp³-hybridized carbons (Fsp3) is 0.650. The zero-order valence-corrected chi connectivity index (χ0v) is 18.4. The molecule has 1 atom stereocenters. The minimum atomic E-state index is -3.58. The number of amides is 1. The van der Waals surface area contributed by atoms with E-state index < -0.39 is 10.0 Å². The Bertz CT molecular complexity index is 798. The Kier molecular flexibility index (Phi) is 7.42. The molecule has 0 unspecified atom stereocenters. The number of anilines is 1. The van der Waals surface area contributed by atoms with Crippen molar-refractivity contribution in [2.24, 2.45) is 5.92 Å². The number of hydrogen-bond donors (Lipinski definition) is 1. The second kappa shape index (κ2) is 9.61. The minimum Gasteiger partial charge on any atom is -0.311 e. The molecule has 1 saturated heterocycles. The molecule has 6 nitrogen and oxygen atoms in total. The summed E-state index contributed by atoms with van der Waals surface area (Å²) in [6.45, 7) is 7.99. The van der Waals surface area contributed by atoms with Crippen molar-refractivity contribution in [1.82, 2.24) is 9.62 Å². The van der Waals surface area contributed by atoms with Crippen LogP contribution in [0, 0.1) is 5.92 Å². The molecule has 0 aromatic heterocycles. The highest BCUT2D eigenvalue weighted by molar-refractivity contribution is 7.99. The highest BCUT2D eigenvalue weighted by Gasteiger charge is 2.23. The van der Waals surface area contributed by atoms with E-state index in [1.54, 1.807) is 28.8 Å². The normalized spacial score (nSPS) is 21.2. The zero-order chi connectivity index (χ0) is 20.1. The van der Waals surface area contributed by atoms with Crippen LogP contribution in [0.15, 0.2) is 28.0 Å². The van der Waals surface area contributed by atoms with Crippen molar-refractivity contribution >= 4 is 33.4 Å². The third-order valence-corrected chi connectivity index (χ3v) is 7.99.